The Balaban J connectivity index is 1.53. The molecule has 0 unspecified atom stereocenters. The first-order chi connectivity index (χ1) is 13.5. The number of nitrogens with zero attached hydrogens (tertiary/aromatic N) is 5. The molecule has 3 aromatic heterocycles. The molecule has 8 nitrogen and oxygen atoms in total. The number of fused-ring (bicyclic) bond motifs is 1. The van der Waals surface area contributed by atoms with Crippen molar-refractivity contribution in [1.82, 2.24) is 24.7 Å². The second-order valence-corrected chi connectivity index (χ2v) is 6.97. The third-order valence-electron chi connectivity index (χ3n) is 4.31. The molecule has 3 heterocycles. The Morgan fingerprint density at radius 2 is 2.07 bits per heavy atom. The lowest BCUT2D eigenvalue weighted by Gasteiger charge is -2.05. The van der Waals surface area contributed by atoms with Crippen LogP contribution in [0.4, 0.5) is 5.69 Å². The Morgan fingerprint density at radius 3 is 2.82 bits per heavy atom. The zero-order valence-corrected chi connectivity index (χ0v) is 15.9. The Hall–Kier alpha value is -3.55. The number of amides is 1. The number of rotatable bonds is 5. The number of hydrogen-bond donors (Lipinski definition) is 1. The van der Waals surface area contributed by atoms with Crippen LogP contribution in [0, 0.1) is 6.92 Å². The number of carbonyl (C=O) groups excluding carboxylic acids is 1. The molecular formula is C20H20N6O2. The van der Waals surface area contributed by atoms with Crippen LogP contribution in [0.1, 0.15) is 37.0 Å². The van der Waals surface area contributed by atoms with Crippen LogP contribution in [-0.2, 0) is 11.2 Å². The van der Waals surface area contributed by atoms with Crippen LogP contribution in [0.5, 0.6) is 0 Å². The van der Waals surface area contributed by atoms with E-state index < -0.39 is 0 Å². The fourth-order valence-corrected chi connectivity index (χ4v) is 2.85. The second kappa shape index (κ2) is 7.22. The van der Waals surface area contributed by atoms with Crippen LogP contribution in [0.3, 0.4) is 0 Å². The van der Waals surface area contributed by atoms with Crippen molar-refractivity contribution >= 4 is 17.2 Å². The highest BCUT2D eigenvalue weighted by Gasteiger charge is 2.15. The summed E-state index contributed by atoms with van der Waals surface area (Å²) >= 11 is 0. The normalized spacial score (nSPS) is 11.3. The molecule has 1 N–H and O–H groups in total. The second-order valence-electron chi connectivity index (χ2n) is 6.97. The van der Waals surface area contributed by atoms with E-state index >= 15 is 0 Å². The van der Waals surface area contributed by atoms with E-state index in [1.54, 1.807) is 10.6 Å². The van der Waals surface area contributed by atoms with Gasteiger partial charge in [-0.05, 0) is 36.8 Å². The number of aromatic nitrogens is 5. The summed E-state index contributed by atoms with van der Waals surface area (Å²) in [5.41, 5.74) is 3.22. The number of benzene rings is 1. The molecule has 1 amide bonds. The van der Waals surface area contributed by atoms with Crippen molar-refractivity contribution in [2.75, 3.05) is 5.32 Å². The van der Waals surface area contributed by atoms with Crippen molar-refractivity contribution in [2.24, 2.45) is 0 Å². The van der Waals surface area contributed by atoms with Gasteiger partial charge in [-0.2, -0.15) is 4.98 Å². The van der Waals surface area contributed by atoms with Crippen molar-refractivity contribution in [3.63, 3.8) is 0 Å². The van der Waals surface area contributed by atoms with Gasteiger partial charge in [0.25, 0.3) is 5.89 Å². The van der Waals surface area contributed by atoms with Crippen LogP contribution in [0.25, 0.3) is 17.1 Å². The van der Waals surface area contributed by atoms with Gasteiger partial charge in [-0.3, -0.25) is 9.20 Å². The molecule has 28 heavy (non-hydrogen) atoms. The average Bonchev–Trinajstić information content (AvgIpc) is 3.29. The minimum atomic E-state index is -0.151. The molecule has 0 atom stereocenters. The van der Waals surface area contributed by atoms with Crippen molar-refractivity contribution in [3.8, 4) is 11.5 Å². The van der Waals surface area contributed by atoms with Crippen LogP contribution in [-0.4, -0.2) is 30.6 Å². The van der Waals surface area contributed by atoms with Crippen molar-refractivity contribution in [2.45, 2.75) is 33.1 Å². The highest BCUT2D eigenvalue weighted by molar-refractivity contribution is 5.92. The third-order valence-corrected chi connectivity index (χ3v) is 4.31. The van der Waals surface area contributed by atoms with Gasteiger partial charge in [0.1, 0.15) is 5.82 Å². The molecular weight excluding hydrogens is 356 g/mol. The summed E-state index contributed by atoms with van der Waals surface area (Å²) in [6.45, 7) is 5.99. The highest BCUT2D eigenvalue weighted by atomic mass is 16.5. The van der Waals surface area contributed by atoms with E-state index in [0.717, 1.165) is 16.8 Å². The minimum Gasteiger partial charge on any atom is -0.334 e. The SMILES string of the molecule is Cc1cccc(NC(=O)Cc2nnc3cc(-c4nc(C(C)C)no4)ccn23)c1. The summed E-state index contributed by atoms with van der Waals surface area (Å²) < 4.78 is 7.10. The summed E-state index contributed by atoms with van der Waals surface area (Å²) in [4.78, 5) is 16.8. The van der Waals surface area contributed by atoms with Gasteiger partial charge in [0.05, 0.1) is 6.42 Å². The topological polar surface area (TPSA) is 98.2 Å². The Bertz CT molecular complexity index is 1140. The maximum atomic E-state index is 12.4. The number of anilines is 1. The molecule has 8 heteroatoms. The van der Waals surface area contributed by atoms with Crippen LogP contribution in [0.2, 0.25) is 0 Å². The van der Waals surface area contributed by atoms with E-state index in [4.69, 9.17) is 4.52 Å². The first kappa shape index (κ1) is 17.8. The minimum absolute atomic E-state index is 0.118. The number of aryl methyl sites for hydroxylation is 1. The van der Waals surface area contributed by atoms with Gasteiger partial charge < -0.3 is 9.84 Å². The molecule has 0 spiro atoms. The summed E-state index contributed by atoms with van der Waals surface area (Å²) in [5.74, 6) is 1.69. The van der Waals surface area contributed by atoms with Gasteiger partial charge in [0.2, 0.25) is 5.91 Å². The molecule has 0 aliphatic carbocycles. The molecule has 0 aliphatic rings. The predicted molar refractivity (Wildman–Crippen MR) is 104 cm³/mol. The molecule has 0 aliphatic heterocycles. The molecule has 1 aromatic carbocycles. The summed E-state index contributed by atoms with van der Waals surface area (Å²) in [6, 6.07) is 11.3. The van der Waals surface area contributed by atoms with Crippen LogP contribution in [0.15, 0.2) is 47.1 Å². The van der Waals surface area contributed by atoms with Gasteiger partial charge in [-0.15, -0.1) is 10.2 Å². The van der Waals surface area contributed by atoms with Crippen molar-refractivity contribution in [1.29, 1.82) is 0 Å². The number of nitrogens with one attached hydrogen (secondary N) is 1. The maximum Gasteiger partial charge on any atom is 0.258 e. The molecule has 0 radical (unpaired) electrons. The fourth-order valence-electron chi connectivity index (χ4n) is 2.85. The van der Waals surface area contributed by atoms with Crippen LogP contribution < -0.4 is 5.32 Å². The monoisotopic (exact) mass is 376 g/mol. The van der Waals surface area contributed by atoms with Gasteiger partial charge in [-0.25, -0.2) is 0 Å². The Labute approximate surface area is 161 Å². The van der Waals surface area contributed by atoms with E-state index in [2.05, 4.69) is 25.7 Å². The number of pyridine rings is 1. The van der Waals surface area contributed by atoms with E-state index in [1.807, 2.05) is 57.2 Å². The first-order valence-corrected chi connectivity index (χ1v) is 9.04. The average molecular weight is 376 g/mol. The summed E-state index contributed by atoms with van der Waals surface area (Å²) in [5, 5.41) is 15.2. The van der Waals surface area contributed by atoms with E-state index in [1.165, 1.54) is 0 Å². The van der Waals surface area contributed by atoms with E-state index in [9.17, 15) is 4.79 Å². The van der Waals surface area contributed by atoms with Gasteiger partial charge in [-0.1, -0.05) is 31.1 Å². The molecule has 0 fully saturated rings. The Kier molecular flexibility index (Phi) is 4.60. The summed E-state index contributed by atoms with van der Waals surface area (Å²) in [7, 11) is 0. The highest BCUT2D eigenvalue weighted by Crippen LogP contribution is 2.21. The van der Waals surface area contributed by atoms with Crippen LogP contribution >= 0.6 is 0 Å². The van der Waals surface area contributed by atoms with E-state index in [-0.39, 0.29) is 18.2 Å². The molecule has 0 saturated heterocycles. The van der Waals surface area contributed by atoms with Crippen molar-refractivity contribution in [3.05, 3.63) is 59.8 Å². The lowest BCUT2D eigenvalue weighted by molar-refractivity contribution is -0.115. The molecule has 0 saturated carbocycles. The zero-order chi connectivity index (χ0) is 19.7. The quantitative estimate of drug-likeness (QED) is 0.573. The predicted octanol–water partition coefficient (Wildman–Crippen LogP) is 3.39. The smallest absolute Gasteiger partial charge is 0.258 e. The fraction of sp³-hybridized carbons (Fsp3) is 0.250. The third kappa shape index (κ3) is 3.62. The molecule has 142 valence electrons. The lowest BCUT2D eigenvalue weighted by atomic mass is 10.2. The van der Waals surface area contributed by atoms with E-state index in [0.29, 0.717) is 23.2 Å². The first-order valence-electron chi connectivity index (χ1n) is 9.04. The molecule has 4 rings (SSSR count). The van der Waals surface area contributed by atoms with Crippen molar-refractivity contribution < 1.29 is 9.32 Å². The Morgan fingerprint density at radius 1 is 1.21 bits per heavy atom. The lowest BCUT2D eigenvalue weighted by Crippen LogP contribution is -2.16. The number of carbonyl (C=O) groups is 1. The molecule has 4 aromatic rings. The maximum absolute atomic E-state index is 12.4. The number of hydrogen-bond acceptors (Lipinski definition) is 6. The van der Waals surface area contributed by atoms with Gasteiger partial charge >= 0.3 is 0 Å². The largest absolute Gasteiger partial charge is 0.334 e. The summed E-state index contributed by atoms with van der Waals surface area (Å²) in [6.07, 6.45) is 1.92. The standard InChI is InChI=1S/C20H20N6O2/c1-12(2)19-22-20(28-25-19)14-7-8-26-16(10-14)23-24-17(26)11-18(27)21-15-6-4-5-13(3)9-15/h4-10,12H,11H2,1-3H3,(H,21,27). The zero-order valence-electron chi connectivity index (χ0n) is 15.9. The molecule has 0 bridgehead atoms. The van der Waals surface area contributed by atoms with Gasteiger partial charge in [0, 0.05) is 23.4 Å². The van der Waals surface area contributed by atoms with Gasteiger partial charge in [0.15, 0.2) is 11.5 Å².